The molecule has 0 aliphatic heterocycles. The van der Waals surface area contributed by atoms with Crippen LogP contribution in [-0.2, 0) is 0 Å². The lowest BCUT2D eigenvalue weighted by Gasteiger charge is -2.19. The van der Waals surface area contributed by atoms with Crippen molar-refractivity contribution in [3.8, 4) is 0 Å². The van der Waals surface area contributed by atoms with Crippen molar-refractivity contribution in [2.75, 3.05) is 0 Å². The highest BCUT2D eigenvalue weighted by atomic mass is 32.2. The zero-order chi connectivity index (χ0) is 12.1. The Morgan fingerprint density at radius 2 is 1.24 bits per heavy atom. The van der Waals surface area contributed by atoms with Gasteiger partial charge in [0.15, 0.2) is 0 Å². The first-order chi connectivity index (χ1) is 8.27. The molecule has 0 spiro atoms. The van der Waals surface area contributed by atoms with Gasteiger partial charge >= 0.3 is 0 Å². The molecule has 0 radical (unpaired) electrons. The van der Waals surface area contributed by atoms with Gasteiger partial charge in [0.05, 0.1) is 5.25 Å². The minimum Gasteiger partial charge on any atom is -0.320 e. The van der Waals surface area contributed by atoms with E-state index in [4.69, 9.17) is 5.73 Å². The summed E-state index contributed by atoms with van der Waals surface area (Å²) < 4.78 is 0. The summed E-state index contributed by atoms with van der Waals surface area (Å²) in [6, 6.07) is 21.0. The molecular formula is C15H17NS. The van der Waals surface area contributed by atoms with Gasteiger partial charge in [-0.15, -0.1) is 11.8 Å². The molecule has 2 aromatic rings. The van der Waals surface area contributed by atoms with E-state index in [0.29, 0.717) is 5.25 Å². The second-order valence-electron chi connectivity index (χ2n) is 4.04. The van der Waals surface area contributed by atoms with E-state index in [-0.39, 0.29) is 5.37 Å². The van der Waals surface area contributed by atoms with E-state index in [1.165, 1.54) is 11.1 Å². The van der Waals surface area contributed by atoms with Gasteiger partial charge < -0.3 is 5.73 Å². The first kappa shape index (κ1) is 12.2. The summed E-state index contributed by atoms with van der Waals surface area (Å²) in [6.07, 6.45) is 0. The molecule has 2 N–H and O–H groups in total. The van der Waals surface area contributed by atoms with E-state index >= 15 is 0 Å². The molecule has 0 heterocycles. The van der Waals surface area contributed by atoms with Crippen LogP contribution < -0.4 is 5.73 Å². The standard InChI is InChI=1S/C15H17NS/c1-12(16)17-15(13-8-4-2-5-9-13)14-10-6-3-7-11-14/h2-12,15H,16H2,1H3. The topological polar surface area (TPSA) is 26.0 Å². The van der Waals surface area contributed by atoms with E-state index in [9.17, 15) is 0 Å². The number of benzene rings is 2. The quantitative estimate of drug-likeness (QED) is 0.826. The summed E-state index contributed by atoms with van der Waals surface area (Å²) in [5.74, 6) is 0. The zero-order valence-corrected chi connectivity index (χ0v) is 10.7. The predicted octanol–water partition coefficient (Wildman–Crippen LogP) is 3.81. The molecule has 1 atom stereocenters. The Hall–Kier alpha value is -1.25. The first-order valence-electron chi connectivity index (χ1n) is 5.78. The van der Waals surface area contributed by atoms with Gasteiger partial charge in [0, 0.05) is 5.37 Å². The molecule has 0 aliphatic rings. The molecule has 1 nitrogen and oxygen atoms in total. The van der Waals surface area contributed by atoms with E-state index in [0.717, 1.165) is 0 Å². The van der Waals surface area contributed by atoms with Crippen LogP contribution in [0.2, 0.25) is 0 Å². The minimum absolute atomic E-state index is 0.125. The summed E-state index contributed by atoms with van der Waals surface area (Å²) in [4.78, 5) is 0. The molecule has 0 aromatic heterocycles. The fourth-order valence-electron chi connectivity index (χ4n) is 1.82. The highest BCUT2D eigenvalue weighted by Crippen LogP contribution is 2.36. The molecule has 0 amide bonds. The van der Waals surface area contributed by atoms with Gasteiger partial charge in [0.1, 0.15) is 0 Å². The van der Waals surface area contributed by atoms with Crippen LogP contribution >= 0.6 is 11.8 Å². The molecule has 1 unspecified atom stereocenters. The Kier molecular flexibility index (Phi) is 4.24. The summed E-state index contributed by atoms with van der Waals surface area (Å²) in [6.45, 7) is 2.03. The van der Waals surface area contributed by atoms with Crippen molar-refractivity contribution in [1.82, 2.24) is 0 Å². The van der Waals surface area contributed by atoms with Crippen molar-refractivity contribution < 1.29 is 0 Å². The molecule has 0 aliphatic carbocycles. The van der Waals surface area contributed by atoms with E-state index < -0.39 is 0 Å². The zero-order valence-electron chi connectivity index (χ0n) is 9.91. The maximum atomic E-state index is 5.93. The summed E-state index contributed by atoms with van der Waals surface area (Å²) in [5, 5.41) is 0.442. The van der Waals surface area contributed by atoms with Crippen LogP contribution in [0.25, 0.3) is 0 Å². The number of hydrogen-bond donors (Lipinski definition) is 1. The van der Waals surface area contributed by atoms with Crippen LogP contribution in [0, 0.1) is 0 Å². The van der Waals surface area contributed by atoms with Crippen LogP contribution in [-0.4, -0.2) is 5.37 Å². The maximum absolute atomic E-state index is 5.93. The molecule has 88 valence electrons. The summed E-state index contributed by atoms with van der Waals surface area (Å²) >= 11 is 1.78. The largest absolute Gasteiger partial charge is 0.320 e. The van der Waals surface area contributed by atoms with Crippen LogP contribution in [0.5, 0.6) is 0 Å². The smallest absolute Gasteiger partial charge is 0.0562 e. The highest BCUT2D eigenvalue weighted by Gasteiger charge is 2.15. The normalized spacial score (nSPS) is 12.6. The van der Waals surface area contributed by atoms with Gasteiger partial charge in [0.25, 0.3) is 0 Å². The van der Waals surface area contributed by atoms with Crippen LogP contribution in [0.4, 0.5) is 0 Å². The molecule has 2 rings (SSSR count). The Morgan fingerprint density at radius 3 is 1.59 bits per heavy atom. The van der Waals surface area contributed by atoms with Gasteiger partial charge in [0.2, 0.25) is 0 Å². The Balaban J connectivity index is 2.32. The molecular weight excluding hydrogens is 226 g/mol. The number of thioether (sulfide) groups is 1. The van der Waals surface area contributed by atoms with Crippen molar-refractivity contribution in [3.05, 3.63) is 71.8 Å². The summed E-state index contributed by atoms with van der Waals surface area (Å²) in [7, 11) is 0. The fraction of sp³-hybridized carbons (Fsp3) is 0.200. The second-order valence-corrected chi connectivity index (χ2v) is 5.53. The maximum Gasteiger partial charge on any atom is 0.0562 e. The van der Waals surface area contributed by atoms with E-state index in [1.54, 1.807) is 11.8 Å². The van der Waals surface area contributed by atoms with Gasteiger partial charge in [-0.3, -0.25) is 0 Å². The predicted molar refractivity (Wildman–Crippen MR) is 76.0 cm³/mol. The lowest BCUT2D eigenvalue weighted by Crippen LogP contribution is -2.12. The third-order valence-corrected chi connectivity index (χ3v) is 3.80. The molecule has 0 saturated carbocycles. The van der Waals surface area contributed by atoms with Gasteiger partial charge in [-0.1, -0.05) is 60.7 Å². The molecule has 2 aromatic carbocycles. The third-order valence-electron chi connectivity index (χ3n) is 2.56. The SMILES string of the molecule is CC(N)SC(c1ccccc1)c1ccccc1. The number of hydrogen-bond acceptors (Lipinski definition) is 2. The Labute approximate surface area is 107 Å². The molecule has 2 heteroatoms. The van der Waals surface area contributed by atoms with Gasteiger partial charge in [-0.05, 0) is 18.1 Å². The van der Waals surface area contributed by atoms with Crippen molar-refractivity contribution >= 4 is 11.8 Å². The van der Waals surface area contributed by atoms with E-state index in [1.807, 2.05) is 19.1 Å². The van der Waals surface area contributed by atoms with Gasteiger partial charge in [-0.2, -0.15) is 0 Å². The van der Waals surface area contributed by atoms with E-state index in [2.05, 4.69) is 48.5 Å². The van der Waals surface area contributed by atoms with Crippen LogP contribution in [0.1, 0.15) is 23.3 Å². The van der Waals surface area contributed by atoms with Crippen molar-refractivity contribution in [2.24, 2.45) is 5.73 Å². The third kappa shape index (κ3) is 3.35. The van der Waals surface area contributed by atoms with Crippen LogP contribution in [0.3, 0.4) is 0 Å². The highest BCUT2D eigenvalue weighted by molar-refractivity contribution is 8.00. The number of nitrogens with two attached hydrogens (primary N) is 1. The minimum atomic E-state index is 0.125. The summed E-state index contributed by atoms with van der Waals surface area (Å²) in [5.41, 5.74) is 8.54. The Bertz CT molecular complexity index is 399. The fourth-order valence-corrected chi connectivity index (χ4v) is 2.88. The lowest BCUT2D eigenvalue weighted by molar-refractivity contribution is 1.02. The Morgan fingerprint density at radius 1 is 0.824 bits per heavy atom. The number of rotatable bonds is 4. The second kappa shape index (κ2) is 5.89. The lowest BCUT2D eigenvalue weighted by atomic mass is 10.0. The average molecular weight is 243 g/mol. The van der Waals surface area contributed by atoms with Crippen molar-refractivity contribution in [1.29, 1.82) is 0 Å². The molecule has 17 heavy (non-hydrogen) atoms. The molecule has 0 bridgehead atoms. The first-order valence-corrected chi connectivity index (χ1v) is 6.72. The molecule has 0 fully saturated rings. The molecule has 0 saturated heterocycles. The average Bonchev–Trinajstić information content (AvgIpc) is 2.38. The van der Waals surface area contributed by atoms with Gasteiger partial charge in [-0.25, -0.2) is 0 Å². The monoisotopic (exact) mass is 243 g/mol. The van der Waals surface area contributed by atoms with Crippen molar-refractivity contribution in [3.63, 3.8) is 0 Å². The van der Waals surface area contributed by atoms with Crippen LogP contribution in [0.15, 0.2) is 60.7 Å². The van der Waals surface area contributed by atoms with Crippen molar-refractivity contribution in [2.45, 2.75) is 17.5 Å².